The number of benzene rings is 8. The summed E-state index contributed by atoms with van der Waals surface area (Å²) in [6.07, 6.45) is 7.76. The van der Waals surface area contributed by atoms with E-state index in [1.54, 1.807) is 0 Å². The SMILES string of the molecule is C1=Cc2c(n(-c3ccccc3)c3ccc(-c4ccc(-c5ccc(CN(c6ccccc6)c6ccc(-c7cccc8c7Cc7ccccc7-8)cc6)cc5)cc4)cc23)CC1. The fraction of sp³-hybridized carbons (Fsp3) is 0.0714. The molecule has 0 N–H and O–H groups in total. The summed E-state index contributed by atoms with van der Waals surface area (Å²) >= 11 is 0. The second kappa shape index (κ2) is 14.4. The molecule has 9 aromatic rings. The van der Waals surface area contributed by atoms with Gasteiger partial charge >= 0.3 is 0 Å². The Labute approximate surface area is 340 Å². The number of fused-ring (bicyclic) bond motifs is 6. The van der Waals surface area contributed by atoms with E-state index < -0.39 is 0 Å². The molecule has 0 amide bonds. The van der Waals surface area contributed by atoms with Crippen molar-refractivity contribution in [1.82, 2.24) is 4.57 Å². The number of allylic oxidation sites excluding steroid dienone is 1. The standard InChI is InChI=1S/C56H42N2/c1-3-13-46(14-4-1)57(47-33-30-43(31-34-47)49-19-11-20-51-50-17-8-7-12-45(50)37-53(49)51)38-39-22-24-40(25-23-39)41-26-28-42(29-27-41)44-32-35-56-54(36-44)52-18-9-10-21-55(52)58(56)48-15-5-2-6-16-48/h1-9,11-20,22-36H,10,21,37-38H2. The first-order valence-corrected chi connectivity index (χ1v) is 20.5. The molecule has 0 saturated heterocycles. The molecule has 276 valence electrons. The first-order chi connectivity index (χ1) is 28.7. The molecule has 0 fully saturated rings. The summed E-state index contributed by atoms with van der Waals surface area (Å²) in [4.78, 5) is 2.41. The third kappa shape index (κ3) is 6.06. The second-order valence-electron chi connectivity index (χ2n) is 15.6. The van der Waals surface area contributed by atoms with Gasteiger partial charge in [-0.3, -0.25) is 0 Å². The summed E-state index contributed by atoms with van der Waals surface area (Å²) in [5.74, 6) is 0. The lowest BCUT2D eigenvalue weighted by Gasteiger charge is -2.26. The molecule has 0 spiro atoms. The average Bonchev–Trinajstić information content (AvgIpc) is 3.85. The third-order valence-corrected chi connectivity index (χ3v) is 12.2. The molecule has 11 rings (SSSR count). The molecule has 0 aliphatic heterocycles. The van der Waals surface area contributed by atoms with Crippen LogP contribution in [0.25, 0.3) is 67.2 Å². The zero-order chi connectivity index (χ0) is 38.4. The number of rotatable bonds is 8. The molecule has 58 heavy (non-hydrogen) atoms. The van der Waals surface area contributed by atoms with E-state index in [9.17, 15) is 0 Å². The summed E-state index contributed by atoms with van der Waals surface area (Å²) in [6, 6.07) is 71.3. The van der Waals surface area contributed by atoms with Crippen molar-refractivity contribution in [2.45, 2.75) is 25.8 Å². The molecule has 2 aliphatic carbocycles. The molecule has 2 heteroatoms. The van der Waals surface area contributed by atoms with Gasteiger partial charge in [0.2, 0.25) is 0 Å². The first-order valence-electron chi connectivity index (χ1n) is 20.5. The van der Waals surface area contributed by atoms with Gasteiger partial charge in [0.25, 0.3) is 0 Å². The van der Waals surface area contributed by atoms with Crippen molar-refractivity contribution in [3.05, 3.63) is 228 Å². The van der Waals surface area contributed by atoms with Gasteiger partial charge in [-0.15, -0.1) is 0 Å². The Hall–Kier alpha value is -7.16. The van der Waals surface area contributed by atoms with Crippen molar-refractivity contribution in [2.75, 3.05) is 4.90 Å². The summed E-state index contributed by atoms with van der Waals surface area (Å²) in [5, 5.41) is 1.32. The maximum atomic E-state index is 2.45. The van der Waals surface area contributed by atoms with Crippen LogP contribution in [-0.4, -0.2) is 4.57 Å². The highest BCUT2D eigenvalue weighted by Gasteiger charge is 2.22. The van der Waals surface area contributed by atoms with E-state index in [1.165, 1.54) is 100 Å². The van der Waals surface area contributed by atoms with Crippen molar-refractivity contribution in [3.8, 4) is 50.2 Å². The molecule has 0 bridgehead atoms. The van der Waals surface area contributed by atoms with Gasteiger partial charge in [0.15, 0.2) is 0 Å². The van der Waals surface area contributed by atoms with Gasteiger partial charge in [-0.1, -0.05) is 158 Å². The highest BCUT2D eigenvalue weighted by molar-refractivity contribution is 5.96. The van der Waals surface area contributed by atoms with Crippen molar-refractivity contribution >= 4 is 28.4 Å². The van der Waals surface area contributed by atoms with Crippen LogP contribution in [0.1, 0.15) is 34.4 Å². The van der Waals surface area contributed by atoms with Crippen LogP contribution < -0.4 is 4.90 Å². The van der Waals surface area contributed by atoms with Gasteiger partial charge in [-0.2, -0.15) is 0 Å². The Balaban J connectivity index is 0.841. The Morgan fingerprint density at radius 1 is 0.483 bits per heavy atom. The van der Waals surface area contributed by atoms with Gasteiger partial charge < -0.3 is 9.47 Å². The van der Waals surface area contributed by atoms with Crippen molar-refractivity contribution < 1.29 is 0 Å². The largest absolute Gasteiger partial charge is 0.337 e. The summed E-state index contributed by atoms with van der Waals surface area (Å²) in [6.45, 7) is 0.770. The van der Waals surface area contributed by atoms with E-state index in [2.05, 4.69) is 216 Å². The minimum atomic E-state index is 0.770. The predicted octanol–water partition coefficient (Wildman–Crippen LogP) is 14.5. The van der Waals surface area contributed by atoms with E-state index >= 15 is 0 Å². The molecule has 0 radical (unpaired) electrons. The zero-order valence-corrected chi connectivity index (χ0v) is 32.4. The molecule has 1 heterocycles. The Bertz CT molecular complexity index is 2950. The molecule has 8 aromatic carbocycles. The molecular weight excluding hydrogens is 701 g/mol. The molecular formula is C56H42N2. The number of anilines is 2. The maximum Gasteiger partial charge on any atom is 0.0538 e. The number of hydrogen-bond donors (Lipinski definition) is 0. The van der Waals surface area contributed by atoms with Gasteiger partial charge in [-0.05, 0) is 129 Å². The summed E-state index contributed by atoms with van der Waals surface area (Å²) < 4.78 is 2.45. The fourth-order valence-electron chi connectivity index (χ4n) is 9.30. The lowest BCUT2D eigenvalue weighted by atomic mass is 9.95. The summed E-state index contributed by atoms with van der Waals surface area (Å²) in [5.41, 5.74) is 22.0. The number of para-hydroxylation sites is 2. The van der Waals surface area contributed by atoms with Crippen LogP contribution in [0.15, 0.2) is 200 Å². The maximum absolute atomic E-state index is 2.45. The molecule has 2 nitrogen and oxygen atoms in total. The Morgan fingerprint density at radius 3 is 1.86 bits per heavy atom. The number of nitrogens with zero attached hydrogens (tertiary/aromatic N) is 2. The van der Waals surface area contributed by atoms with E-state index in [0.717, 1.165) is 25.8 Å². The second-order valence-corrected chi connectivity index (χ2v) is 15.6. The van der Waals surface area contributed by atoms with Crippen LogP contribution in [0.5, 0.6) is 0 Å². The minimum absolute atomic E-state index is 0.770. The topological polar surface area (TPSA) is 8.17 Å². The lowest BCUT2D eigenvalue weighted by Crippen LogP contribution is -2.16. The van der Waals surface area contributed by atoms with Crippen LogP contribution in [0.4, 0.5) is 11.4 Å². The van der Waals surface area contributed by atoms with Crippen molar-refractivity contribution in [2.24, 2.45) is 0 Å². The highest BCUT2D eigenvalue weighted by atomic mass is 15.1. The van der Waals surface area contributed by atoms with Crippen LogP contribution in [0.2, 0.25) is 0 Å². The van der Waals surface area contributed by atoms with E-state index in [0.29, 0.717) is 0 Å². The number of hydrogen-bond acceptors (Lipinski definition) is 1. The molecule has 0 saturated carbocycles. The van der Waals surface area contributed by atoms with Gasteiger partial charge in [0.1, 0.15) is 0 Å². The first kappa shape index (κ1) is 34.1. The zero-order valence-electron chi connectivity index (χ0n) is 32.4. The summed E-state index contributed by atoms with van der Waals surface area (Å²) in [7, 11) is 0. The average molecular weight is 743 g/mol. The van der Waals surface area contributed by atoms with E-state index in [1.807, 2.05) is 0 Å². The minimum Gasteiger partial charge on any atom is -0.337 e. The number of aromatic nitrogens is 1. The predicted molar refractivity (Wildman–Crippen MR) is 244 cm³/mol. The lowest BCUT2D eigenvalue weighted by molar-refractivity contribution is 0.888. The van der Waals surface area contributed by atoms with Crippen LogP contribution in [0, 0.1) is 0 Å². The third-order valence-electron chi connectivity index (χ3n) is 12.2. The van der Waals surface area contributed by atoms with E-state index in [4.69, 9.17) is 0 Å². The molecule has 0 unspecified atom stereocenters. The Kier molecular flexibility index (Phi) is 8.47. The van der Waals surface area contributed by atoms with Gasteiger partial charge in [-0.25, -0.2) is 0 Å². The fourth-order valence-corrected chi connectivity index (χ4v) is 9.30. The normalized spacial score (nSPS) is 12.6. The van der Waals surface area contributed by atoms with Crippen LogP contribution in [-0.2, 0) is 19.4 Å². The smallest absolute Gasteiger partial charge is 0.0538 e. The van der Waals surface area contributed by atoms with Gasteiger partial charge in [0, 0.05) is 40.3 Å². The Morgan fingerprint density at radius 2 is 1.09 bits per heavy atom. The van der Waals surface area contributed by atoms with Crippen LogP contribution >= 0.6 is 0 Å². The van der Waals surface area contributed by atoms with Crippen molar-refractivity contribution in [3.63, 3.8) is 0 Å². The molecule has 2 aliphatic rings. The van der Waals surface area contributed by atoms with E-state index in [-0.39, 0.29) is 0 Å². The van der Waals surface area contributed by atoms with Crippen molar-refractivity contribution in [1.29, 1.82) is 0 Å². The molecule has 0 atom stereocenters. The molecule has 1 aromatic heterocycles. The monoisotopic (exact) mass is 742 g/mol. The van der Waals surface area contributed by atoms with Gasteiger partial charge in [0.05, 0.1) is 5.52 Å². The quantitative estimate of drug-likeness (QED) is 0.150. The van der Waals surface area contributed by atoms with Crippen LogP contribution in [0.3, 0.4) is 0 Å². The highest BCUT2D eigenvalue weighted by Crippen LogP contribution is 2.42.